The van der Waals surface area contributed by atoms with Gasteiger partial charge in [0.1, 0.15) is 4.11 Å². The molecule has 12 heavy (non-hydrogen) atoms. The van der Waals surface area contributed by atoms with Crippen molar-refractivity contribution >= 4 is 28.6 Å². The van der Waals surface area contributed by atoms with E-state index in [2.05, 4.69) is 27.9 Å². The molecule has 0 amide bonds. The molecule has 0 spiro atoms. The Hall–Kier alpha value is 0.160. The molecule has 72 valence electrons. The highest BCUT2D eigenvalue weighted by Gasteiger charge is 2.04. The van der Waals surface area contributed by atoms with E-state index in [0.717, 1.165) is 19.5 Å². The fourth-order valence-corrected chi connectivity index (χ4v) is 1.06. The zero-order valence-corrected chi connectivity index (χ0v) is 9.76. The van der Waals surface area contributed by atoms with Crippen LogP contribution in [0.1, 0.15) is 26.7 Å². The monoisotopic (exact) mass is 285 g/mol. The summed E-state index contributed by atoms with van der Waals surface area (Å²) in [6.07, 6.45) is 1.37. The summed E-state index contributed by atoms with van der Waals surface area (Å²) in [4.78, 5) is 11.0. The summed E-state index contributed by atoms with van der Waals surface area (Å²) >= 11 is 2.07. The molecule has 0 fully saturated rings. The Morgan fingerprint density at radius 2 is 2.33 bits per heavy atom. The van der Waals surface area contributed by atoms with Crippen LogP contribution in [0, 0.1) is 0 Å². The summed E-state index contributed by atoms with van der Waals surface area (Å²) in [6.45, 7) is 5.74. The van der Waals surface area contributed by atoms with E-state index >= 15 is 0 Å². The van der Waals surface area contributed by atoms with Crippen molar-refractivity contribution in [3.8, 4) is 0 Å². The summed E-state index contributed by atoms with van der Waals surface area (Å²) in [5.41, 5.74) is 0. The van der Waals surface area contributed by atoms with E-state index in [9.17, 15) is 4.79 Å². The van der Waals surface area contributed by atoms with Crippen LogP contribution in [-0.4, -0.2) is 23.2 Å². The zero-order valence-electron chi connectivity index (χ0n) is 7.60. The van der Waals surface area contributed by atoms with Crippen molar-refractivity contribution in [2.75, 3.05) is 13.1 Å². The second kappa shape index (κ2) is 7.79. The topological polar surface area (TPSA) is 38.3 Å². The van der Waals surface area contributed by atoms with Crippen LogP contribution in [-0.2, 0) is 9.53 Å². The first-order valence-electron chi connectivity index (χ1n) is 4.21. The first-order valence-corrected chi connectivity index (χ1v) is 5.45. The van der Waals surface area contributed by atoms with E-state index in [4.69, 9.17) is 4.74 Å². The third kappa shape index (κ3) is 8.26. The van der Waals surface area contributed by atoms with Crippen LogP contribution in [0.15, 0.2) is 0 Å². The summed E-state index contributed by atoms with van der Waals surface area (Å²) in [7, 11) is 0. The van der Waals surface area contributed by atoms with Gasteiger partial charge in [-0.1, -0.05) is 6.92 Å². The van der Waals surface area contributed by atoms with E-state index in [1.807, 2.05) is 13.8 Å². The molecule has 1 atom stereocenters. The number of hydrogen-bond donors (Lipinski definition) is 1. The van der Waals surface area contributed by atoms with Gasteiger partial charge in [-0.15, -0.1) is 0 Å². The fourth-order valence-electron chi connectivity index (χ4n) is 0.775. The van der Waals surface area contributed by atoms with Crippen LogP contribution in [0.4, 0.5) is 0 Å². The van der Waals surface area contributed by atoms with Gasteiger partial charge in [0.25, 0.3) is 0 Å². The highest BCUT2D eigenvalue weighted by atomic mass is 127. The van der Waals surface area contributed by atoms with Crippen LogP contribution in [0.3, 0.4) is 0 Å². The minimum absolute atomic E-state index is 0.0192. The molecule has 0 bridgehead atoms. The van der Waals surface area contributed by atoms with Crippen LogP contribution >= 0.6 is 22.6 Å². The molecule has 0 saturated heterocycles. The van der Waals surface area contributed by atoms with Gasteiger partial charge in [-0.25, -0.2) is 0 Å². The SMILES string of the molecule is CCNCCCC(=O)OC(C)I. The number of alkyl halides is 1. The van der Waals surface area contributed by atoms with Crippen LogP contribution in [0.25, 0.3) is 0 Å². The maximum absolute atomic E-state index is 11.0. The molecule has 0 aliphatic rings. The Morgan fingerprint density at radius 3 is 2.83 bits per heavy atom. The fraction of sp³-hybridized carbons (Fsp3) is 0.875. The number of carbonyl (C=O) groups excluding carboxylic acids is 1. The third-order valence-corrected chi connectivity index (χ3v) is 1.53. The van der Waals surface area contributed by atoms with Crippen molar-refractivity contribution in [2.45, 2.75) is 30.8 Å². The summed E-state index contributed by atoms with van der Waals surface area (Å²) in [5.74, 6) is -0.102. The molecular weight excluding hydrogens is 269 g/mol. The molecule has 4 heteroatoms. The molecule has 0 aliphatic carbocycles. The molecule has 0 aromatic heterocycles. The molecule has 0 aliphatic heterocycles. The summed E-state index contributed by atoms with van der Waals surface area (Å²) in [5, 5.41) is 3.15. The van der Waals surface area contributed by atoms with Gasteiger partial charge < -0.3 is 10.1 Å². The first kappa shape index (κ1) is 12.2. The van der Waals surface area contributed by atoms with Gasteiger partial charge in [0, 0.05) is 6.42 Å². The predicted molar refractivity (Wildman–Crippen MR) is 57.4 cm³/mol. The minimum atomic E-state index is -0.102. The van der Waals surface area contributed by atoms with E-state index in [0.29, 0.717) is 6.42 Å². The highest BCUT2D eigenvalue weighted by molar-refractivity contribution is 14.1. The lowest BCUT2D eigenvalue weighted by Gasteiger charge is -2.06. The molecule has 0 aromatic carbocycles. The Kier molecular flexibility index (Phi) is 7.89. The molecule has 0 aromatic rings. The average molecular weight is 285 g/mol. The van der Waals surface area contributed by atoms with Crippen molar-refractivity contribution < 1.29 is 9.53 Å². The van der Waals surface area contributed by atoms with E-state index in [1.165, 1.54) is 0 Å². The Morgan fingerprint density at radius 1 is 1.67 bits per heavy atom. The molecule has 0 rings (SSSR count). The number of halogens is 1. The van der Waals surface area contributed by atoms with Crippen LogP contribution in [0.2, 0.25) is 0 Å². The number of carbonyl (C=O) groups is 1. The van der Waals surface area contributed by atoms with Gasteiger partial charge >= 0.3 is 5.97 Å². The number of rotatable bonds is 6. The number of ether oxygens (including phenoxy) is 1. The molecule has 0 saturated carbocycles. The minimum Gasteiger partial charge on any atom is -0.452 e. The van der Waals surface area contributed by atoms with Gasteiger partial charge in [-0.3, -0.25) is 4.79 Å². The van der Waals surface area contributed by atoms with Crippen LogP contribution in [0.5, 0.6) is 0 Å². The predicted octanol–water partition coefficient (Wildman–Crippen LogP) is 1.70. The maximum Gasteiger partial charge on any atom is 0.306 e. The second-order valence-corrected chi connectivity index (χ2v) is 4.24. The molecule has 1 N–H and O–H groups in total. The van der Waals surface area contributed by atoms with Crippen molar-refractivity contribution in [3.63, 3.8) is 0 Å². The van der Waals surface area contributed by atoms with Crippen molar-refractivity contribution in [1.82, 2.24) is 5.32 Å². The number of hydrogen-bond acceptors (Lipinski definition) is 3. The summed E-state index contributed by atoms with van der Waals surface area (Å²) in [6, 6.07) is 0. The lowest BCUT2D eigenvalue weighted by molar-refractivity contribution is -0.143. The Bertz CT molecular complexity index is 128. The Labute approximate surface area is 87.4 Å². The van der Waals surface area contributed by atoms with Crippen LogP contribution < -0.4 is 5.32 Å². The smallest absolute Gasteiger partial charge is 0.306 e. The van der Waals surface area contributed by atoms with Gasteiger partial charge in [0.2, 0.25) is 0 Å². The van der Waals surface area contributed by atoms with E-state index in [1.54, 1.807) is 0 Å². The molecule has 0 radical (unpaired) electrons. The molecule has 3 nitrogen and oxygen atoms in total. The largest absolute Gasteiger partial charge is 0.452 e. The van der Waals surface area contributed by atoms with Gasteiger partial charge in [0.15, 0.2) is 0 Å². The molecule has 1 unspecified atom stereocenters. The van der Waals surface area contributed by atoms with Crippen molar-refractivity contribution in [2.24, 2.45) is 0 Å². The quantitative estimate of drug-likeness (QED) is 0.349. The first-order chi connectivity index (χ1) is 5.66. The maximum atomic E-state index is 11.0. The summed E-state index contributed by atoms with van der Waals surface area (Å²) < 4.78 is 4.93. The number of esters is 1. The number of nitrogens with one attached hydrogen (secondary N) is 1. The Balaban J connectivity index is 3.20. The van der Waals surface area contributed by atoms with E-state index in [-0.39, 0.29) is 10.1 Å². The normalized spacial score (nSPS) is 12.6. The van der Waals surface area contributed by atoms with E-state index < -0.39 is 0 Å². The van der Waals surface area contributed by atoms with Crippen molar-refractivity contribution in [1.29, 1.82) is 0 Å². The van der Waals surface area contributed by atoms with Crippen molar-refractivity contribution in [3.05, 3.63) is 0 Å². The standard InChI is InChI=1S/C8H16INO2/c1-3-10-6-4-5-8(11)12-7(2)9/h7,10H,3-6H2,1-2H3. The van der Waals surface area contributed by atoms with Gasteiger partial charge in [-0.05, 0) is 49.0 Å². The highest BCUT2D eigenvalue weighted by Crippen LogP contribution is 2.03. The average Bonchev–Trinajstić information content (AvgIpc) is 1.97. The lowest BCUT2D eigenvalue weighted by Crippen LogP contribution is -2.16. The van der Waals surface area contributed by atoms with Gasteiger partial charge in [0.05, 0.1) is 0 Å². The van der Waals surface area contributed by atoms with Gasteiger partial charge in [-0.2, -0.15) is 0 Å². The third-order valence-electron chi connectivity index (χ3n) is 1.28. The molecular formula is C8H16INO2. The second-order valence-electron chi connectivity index (χ2n) is 2.49. The zero-order chi connectivity index (χ0) is 9.40. The molecule has 0 heterocycles. The lowest BCUT2D eigenvalue weighted by atomic mass is 10.3.